The summed E-state index contributed by atoms with van der Waals surface area (Å²) in [4.78, 5) is 22.8. The Morgan fingerprint density at radius 3 is 2.47 bits per heavy atom. The molecule has 0 atom stereocenters. The van der Waals surface area contributed by atoms with Crippen LogP contribution in [0.1, 0.15) is 35.5 Å². The third-order valence-electron chi connectivity index (χ3n) is 4.50. The topological polar surface area (TPSA) is 123 Å². The molecule has 0 saturated carbocycles. The lowest BCUT2D eigenvalue weighted by molar-refractivity contribution is -0.384. The number of H-pyrrole nitrogens is 1. The number of nitrogens with zero attached hydrogens (tertiary/aromatic N) is 3. The number of hydrogen-bond acceptors (Lipinski definition) is 6. The van der Waals surface area contributed by atoms with Gasteiger partial charge in [-0.15, -0.1) is 0 Å². The highest BCUT2D eigenvalue weighted by Crippen LogP contribution is 2.25. The third-order valence-corrected chi connectivity index (χ3v) is 4.50. The van der Waals surface area contributed by atoms with E-state index in [0.717, 1.165) is 11.3 Å². The van der Waals surface area contributed by atoms with Crippen LogP contribution in [0.3, 0.4) is 0 Å². The molecule has 2 N–H and O–H groups in total. The van der Waals surface area contributed by atoms with E-state index in [-0.39, 0.29) is 5.69 Å². The summed E-state index contributed by atoms with van der Waals surface area (Å²) in [6, 6.07) is 13.4. The van der Waals surface area contributed by atoms with Crippen LogP contribution in [0, 0.1) is 17.0 Å². The van der Waals surface area contributed by atoms with Gasteiger partial charge in [-0.25, -0.2) is 5.43 Å². The van der Waals surface area contributed by atoms with Crippen LogP contribution in [0.15, 0.2) is 53.6 Å². The number of ether oxygens (including phenoxy) is 1. The van der Waals surface area contributed by atoms with Crippen molar-refractivity contribution in [1.29, 1.82) is 0 Å². The van der Waals surface area contributed by atoms with Crippen LogP contribution in [0.5, 0.6) is 5.75 Å². The molecule has 0 aliphatic heterocycles. The first-order valence-electron chi connectivity index (χ1n) is 9.28. The van der Waals surface area contributed by atoms with Crippen LogP contribution < -0.4 is 10.2 Å². The lowest BCUT2D eigenvalue weighted by Crippen LogP contribution is -2.20. The zero-order chi connectivity index (χ0) is 21.7. The number of hydrogen-bond donors (Lipinski definition) is 2. The van der Waals surface area contributed by atoms with E-state index in [0.29, 0.717) is 34.8 Å². The fourth-order valence-corrected chi connectivity index (χ4v) is 2.86. The molecule has 0 aliphatic carbocycles. The van der Waals surface area contributed by atoms with Crippen molar-refractivity contribution in [1.82, 2.24) is 15.6 Å². The summed E-state index contributed by atoms with van der Waals surface area (Å²) in [5, 5.41) is 21.8. The molecule has 0 saturated heterocycles. The van der Waals surface area contributed by atoms with Crippen molar-refractivity contribution >= 4 is 17.3 Å². The largest absolute Gasteiger partial charge is 0.494 e. The number of rotatable bonds is 7. The molecule has 3 aromatic rings. The van der Waals surface area contributed by atoms with E-state index in [1.54, 1.807) is 26.0 Å². The Balaban J connectivity index is 1.72. The maximum Gasteiger partial charge on any atom is 0.289 e. The molecule has 0 bridgehead atoms. The molecule has 9 heteroatoms. The molecule has 1 amide bonds. The summed E-state index contributed by atoms with van der Waals surface area (Å²) in [5.74, 6) is 0.335. The lowest BCUT2D eigenvalue weighted by atomic mass is 10.1. The van der Waals surface area contributed by atoms with Gasteiger partial charge >= 0.3 is 0 Å². The van der Waals surface area contributed by atoms with Crippen molar-refractivity contribution in [2.45, 2.75) is 20.8 Å². The number of nitrogens with one attached hydrogen (secondary N) is 2. The summed E-state index contributed by atoms with van der Waals surface area (Å²) >= 11 is 0. The average Bonchev–Trinajstić information content (AvgIpc) is 3.14. The van der Waals surface area contributed by atoms with Gasteiger partial charge in [0.05, 0.1) is 22.9 Å². The number of carbonyl (C=O) groups excluding carboxylic acids is 1. The van der Waals surface area contributed by atoms with Gasteiger partial charge in [-0.1, -0.05) is 0 Å². The fraction of sp³-hybridized carbons (Fsp3) is 0.190. The Hall–Kier alpha value is -4.01. The number of amides is 1. The molecule has 0 unspecified atom stereocenters. The highest BCUT2D eigenvalue weighted by Gasteiger charge is 2.17. The number of carbonyl (C=O) groups is 1. The van der Waals surface area contributed by atoms with Crippen molar-refractivity contribution < 1.29 is 14.5 Å². The number of benzene rings is 2. The molecule has 30 heavy (non-hydrogen) atoms. The predicted molar refractivity (Wildman–Crippen MR) is 113 cm³/mol. The Morgan fingerprint density at radius 1 is 1.20 bits per heavy atom. The molecule has 0 spiro atoms. The monoisotopic (exact) mass is 407 g/mol. The highest BCUT2D eigenvalue weighted by molar-refractivity contribution is 6.01. The zero-order valence-corrected chi connectivity index (χ0v) is 16.8. The zero-order valence-electron chi connectivity index (χ0n) is 16.8. The summed E-state index contributed by atoms with van der Waals surface area (Å²) in [6.45, 7) is 6.01. The van der Waals surface area contributed by atoms with E-state index in [4.69, 9.17) is 4.74 Å². The smallest absolute Gasteiger partial charge is 0.289 e. The SMILES string of the molecule is CCOc1ccc(-c2n[nH]c(C(=O)NN=C(C)c3ccc([N+](=O)[O-])cc3)c2C)cc1. The summed E-state index contributed by atoms with van der Waals surface area (Å²) in [5.41, 5.74) is 6.18. The van der Waals surface area contributed by atoms with Crippen LogP contribution in [0.4, 0.5) is 5.69 Å². The minimum Gasteiger partial charge on any atom is -0.494 e. The van der Waals surface area contributed by atoms with Crippen molar-refractivity contribution in [2.75, 3.05) is 6.61 Å². The first-order valence-corrected chi connectivity index (χ1v) is 9.28. The summed E-state index contributed by atoms with van der Waals surface area (Å²) in [6.07, 6.45) is 0. The second kappa shape index (κ2) is 8.99. The van der Waals surface area contributed by atoms with E-state index in [2.05, 4.69) is 20.7 Å². The number of non-ortho nitro benzene ring substituents is 1. The van der Waals surface area contributed by atoms with Gasteiger partial charge in [0.15, 0.2) is 0 Å². The van der Waals surface area contributed by atoms with Crippen LogP contribution in [0.25, 0.3) is 11.3 Å². The van der Waals surface area contributed by atoms with Gasteiger partial charge in [-0.2, -0.15) is 10.2 Å². The van der Waals surface area contributed by atoms with E-state index in [1.165, 1.54) is 12.1 Å². The number of aromatic nitrogens is 2. The maximum atomic E-state index is 12.5. The van der Waals surface area contributed by atoms with Crippen molar-refractivity contribution in [3.05, 3.63) is 75.5 Å². The van der Waals surface area contributed by atoms with Crippen LogP contribution in [0.2, 0.25) is 0 Å². The van der Waals surface area contributed by atoms with Gasteiger partial charge in [-0.3, -0.25) is 20.0 Å². The Kier molecular flexibility index (Phi) is 6.21. The van der Waals surface area contributed by atoms with Gasteiger partial charge in [0.1, 0.15) is 11.4 Å². The molecule has 0 radical (unpaired) electrons. The second-order valence-electron chi connectivity index (χ2n) is 6.47. The standard InChI is InChI=1S/C21H21N5O4/c1-4-30-18-11-7-16(8-12-18)19-13(2)20(24-23-19)21(27)25-22-14(3)15-5-9-17(10-6-15)26(28)29/h5-12H,4H2,1-3H3,(H,23,24)(H,25,27). The minimum absolute atomic E-state index is 0.00881. The van der Waals surface area contributed by atoms with Gasteiger partial charge in [0.2, 0.25) is 0 Å². The number of hydrazone groups is 1. The number of nitro groups is 1. The normalized spacial score (nSPS) is 11.2. The van der Waals surface area contributed by atoms with E-state index >= 15 is 0 Å². The molecule has 9 nitrogen and oxygen atoms in total. The first-order chi connectivity index (χ1) is 14.4. The minimum atomic E-state index is -0.471. The summed E-state index contributed by atoms with van der Waals surface area (Å²) < 4.78 is 5.44. The van der Waals surface area contributed by atoms with E-state index in [9.17, 15) is 14.9 Å². The van der Waals surface area contributed by atoms with Gasteiger partial charge in [-0.05, 0) is 62.7 Å². The third kappa shape index (κ3) is 4.52. The number of aromatic amines is 1. The molecular weight excluding hydrogens is 386 g/mol. The van der Waals surface area contributed by atoms with E-state index in [1.807, 2.05) is 31.2 Å². The molecular formula is C21H21N5O4. The fourth-order valence-electron chi connectivity index (χ4n) is 2.86. The van der Waals surface area contributed by atoms with Gasteiger partial charge in [0, 0.05) is 23.3 Å². The lowest BCUT2D eigenvalue weighted by Gasteiger charge is -2.04. The van der Waals surface area contributed by atoms with Crippen LogP contribution >= 0.6 is 0 Å². The molecule has 1 aromatic heterocycles. The maximum absolute atomic E-state index is 12.5. The molecule has 2 aromatic carbocycles. The van der Waals surface area contributed by atoms with Crippen LogP contribution in [-0.2, 0) is 0 Å². The Labute approximate surface area is 172 Å². The second-order valence-corrected chi connectivity index (χ2v) is 6.47. The first kappa shape index (κ1) is 20.7. The van der Waals surface area contributed by atoms with Crippen molar-refractivity contribution in [2.24, 2.45) is 5.10 Å². The van der Waals surface area contributed by atoms with Gasteiger partial charge in [0.25, 0.3) is 11.6 Å². The molecule has 154 valence electrons. The van der Waals surface area contributed by atoms with Crippen LogP contribution in [-0.4, -0.2) is 33.3 Å². The molecule has 0 fully saturated rings. The van der Waals surface area contributed by atoms with Crippen molar-refractivity contribution in [3.63, 3.8) is 0 Å². The van der Waals surface area contributed by atoms with E-state index < -0.39 is 10.8 Å². The average molecular weight is 407 g/mol. The van der Waals surface area contributed by atoms with Gasteiger partial charge < -0.3 is 4.74 Å². The number of nitro benzene ring substituents is 1. The quantitative estimate of drug-likeness (QED) is 0.350. The predicted octanol–water partition coefficient (Wildman–Crippen LogP) is 3.85. The Morgan fingerprint density at radius 2 is 1.87 bits per heavy atom. The molecule has 3 rings (SSSR count). The van der Waals surface area contributed by atoms with Crippen molar-refractivity contribution in [3.8, 4) is 17.0 Å². The highest BCUT2D eigenvalue weighted by atomic mass is 16.6. The molecule has 0 aliphatic rings. The summed E-state index contributed by atoms with van der Waals surface area (Å²) in [7, 11) is 0. The Bertz CT molecular complexity index is 1090. The molecule has 1 heterocycles.